The Bertz CT molecular complexity index is 1280. The number of nitrogens with two attached hydrogens (primary N) is 1. The third kappa shape index (κ3) is 6.12. The lowest BCUT2D eigenvalue weighted by Gasteiger charge is -2.37. The third-order valence-corrected chi connectivity index (χ3v) is 6.89. The number of allylic oxidation sites excluding steroid dienone is 1. The van der Waals surface area contributed by atoms with Crippen LogP contribution in [0.4, 0.5) is 0 Å². The maximum Gasteiger partial charge on any atom is 0.225 e. The summed E-state index contributed by atoms with van der Waals surface area (Å²) < 4.78 is 11.3. The van der Waals surface area contributed by atoms with Crippen LogP contribution < -0.4 is 10.5 Å². The highest BCUT2D eigenvalue weighted by Crippen LogP contribution is 2.25. The number of piperazine rings is 1. The zero-order valence-corrected chi connectivity index (χ0v) is 20.8. The van der Waals surface area contributed by atoms with E-state index in [0.29, 0.717) is 42.0 Å². The predicted octanol–water partition coefficient (Wildman–Crippen LogP) is 3.33. The lowest BCUT2D eigenvalue weighted by molar-refractivity contribution is -0.140. The lowest BCUT2D eigenvalue weighted by Crippen LogP contribution is -2.50. The van der Waals surface area contributed by atoms with Gasteiger partial charge in [-0.3, -0.25) is 14.7 Å². The van der Waals surface area contributed by atoms with Gasteiger partial charge in [-0.25, -0.2) is 4.98 Å². The first-order valence-corrected chi connectivity index (χ1v) is 12.7. The molecule has 3 aromatic rings. The molecule has 2 aliphatic rings. The van der Waals surface area contributed by atoms with E-state index in [2.05, 4.69) is 22.0 Å². The summed E-state index contributed by atoms with van der Waals surface area (Å²) in [5.41, 5.74) is 8.22. The molecule has 2 aromatic heterocycles. The highest BCUT2D eigenvalue weighted by molar-refractivity contribution is 6.06. The van der Waals surface area contributed by atoms with Crippen molar-refractivity contribution in [3.8, 4) is 11.6 Å². The molecule has 0 spiro atoms. The molecule has 2 fully saturated rings. The number of amides is 1. The standard InChI is InChI=1S/C28H32N6O3/c29-10-7-25(30)22-2-6-27(31-18-22)37-24-4-5-26-21(17-24)1-3-23(32-26)19-33-11-13-34(14-12-33)28(35)20-8-15-36-16-9-20/h1-7,10,17-18,20,30H,8-9,11-16,19,29H2. The van der Waals surface area contributed by atoms with Gasteiger partial charge in [0.05, 0.1) is 16.9 Å². The van der Waals surface area contributed by atoms with Crippen LogP contribution in [-0.2, 0) is 16.1 Å². The summed E-state index contributed by atoms with van der Waals surface area (Å²) in [7, 11) is 0. The molecule has 2 saturated heterocycles. The molecule has 0 aliphatic carbocycles. The number of rotatable bonds is 7. The van der Waals surface area contributed by atoms with Gasteiger partial charge in [0.2, 0.25) is 11.8 Å². The smallest absolute Gasteiger partial charge is 0.225 e. The van der Waals surface area contributed by atoms with Crippen LogP contribution >= 0.6 is 0 Å². The number of benzene rings is 1. The Morgan fingerprint density at radius 2 is 1.92 bits per heavy atom. The molecule has 0 saturated carbocycles. The highest BCUT2D eigenvalue weighted by Gasteiger charge is 2.28. The van der Waals surface area contributed by atoms with Crippen molar-refractivity contribution in [2.75, 3.05) is 39.4 Å². The summed E-state index contributed by atoms with van der Waals surface area (Å²) in [5.74, 6) is 1.54. The monoisotopic (exact) mass is 500 g/mol. The van der Waals surface area contributed by atoms with E-state index in [1.165, 1.54) is 12.3 Å². The first-order chi connectivity index (χ1) is 18.1. The van der Waals surface area contributed by atoms with Gasteiger partial charge in [-0.2, -0.15) is 0 Å². The van der Waals surface area contributed by atoms with Crippen molar-refractivity contribution >= 4 is 22.5 Å². The average molecular weight is 501 g/mol. The van der Waals surface area contributed by atoms with Crippen LogP contribution in [0.5, 0.6) is 11.6 Å². The number of pyridine rings is 2. The second-order valence-electron chi connectivity index (χ2n) is 9.41. The molecule has 1 amide bonds. The number of nitrogens with zero attached hydrogens (tertiary/aromatic N) is 4. The molecule has 1 aromatic carbocycles. The number of hydrogen-bond donors (Lipinski definition) is 2. The van der Waals surface area contributed by atoms with E-state index in [0.717, 1.165) is 62.2 Å². The summed E-state index contributed by atoms with van der Waals surface area (Å²) in [6, 6.07) is 13.4. The molecule has 3 N–H and O–H groups in total. The normalized spacial score (nSPS) is 17.4. The molecule has 0 radical (unpaired) electrons. The van der Waals surface area contributed by atoms with E-state index in [4.69, 9.17) is 25.6 Å². The zero-order valence-electron chi connectivity index (χ0n) is 20.8. The van der Waals surface area contributed by atoms with Crippen LogP contribution in [0, 0.1) is 11.3 Å². The maximum atomic E-state index is 12.8. The number of ether oxygens (including phenoxy) is 2. The molecule has 0 unspecified atom stereocenters. The Labute approximate surface area is 216 Å². The summed E-state index contributed by atoms with van der Waals surface area (Å²) in [4.78, 5) is 26.3. The number of nitrogens with one attached hydrogen (secondary N) is 1. The quantitative estimate of drug-likeness (QED) is 0.478. The Hall–Kier alpha value is -3.82. The number of fused-ring (bicyclic) bond motifs is 1. The van der Waals surface area contributed by atoms with E-state index in [9.17, 15) is 4.79 Å². The Morgan fingerprint density at radius 1 is 1.11 bits per heavy atom. The van der Waals surface area contributed by atoms with Crippen LogP contribution in [0.1, 0.15) is 24.1 Å². The minimum Gasteiger partial charge on any atom is -0.439 e. The zero-order chi connectivity index (χ0) is 25.6. The molecule has 0 atom stereocenters. The van der Waals surface area contributed by atoms with Crippen LogP contribution in [-0.4, -0.2) is 70.8 Å². The van der Waals surface area contributed by atoms with Gasteiger partial charge in [-0.15, -0.1) is 0 Å². The second-order valence-corrected chi connectivity index (χ2v) is 9.41. The predicted molar refractivity (Wildman–Crippen MR) is 142 cm³/mol. The molecule has 9 nitrogen and oxygen atoms in total. The fraction of sp³-hybridized carbons (Fsp3) is 0.357. The fourth-order valence-electron chi connectivity index (χ4n) is 4.77. The van der Waals surface area contributed by atoms with Crippen molar-refractivity contribution < 1.29 is 14.3 Å². The van der Waals surface area contributed by atoms with E-state index in [1.807, 2.05) is 23.1 Å². The Kier molecular flexibility index (Phi) is 7.72. The van der Waals surface area contributed by atoms with E-state index in [1.54, 1.807) is 18.3 Å². The van der Waals surface area contributed by atoms with Crippen molar-refractivity contribution in [1.82, 2.24) is 19.8 Å². The van der Waals surface area contributed by atoms with Crippen LogP contribution in [0.15, 0.2) is 60.9 Å². The Balaban J connectivity index is 1.16. The molecule has 192 valence electrons. The van der Waals surface area contributed by atoms with Gasteiger partial charge >= 0.3 is 0 Å². The first kappa shape index (κ1) is 24.9. The second kappa shape index (κ2) is 11.5. The molecule has 0 bridgehead atoms. The molecule has 4 heterocycles. The summed E-state index contributed by atoms with van der Waals surface area (Å²) in [5, 5.41) is 8.88. The molecular weight excluding hydrogens is 468 g/mol. The maximum absolute atomic E-state index is 12.8. The third-order valence-electron chi connectivity index (χ3n) is 6.89. The average Bonchev–Trinajstić information content (AvgIpc) is 2.94. The first-order valence-electron chi connectivity index (χ1n) is 12.7. The van der Waals surface area contributed by atoms with Gasteiger partial charge in [-0.1, -0.05) is 6.07 Å². The van der Waals surface area contributed by atoms with Crippen molar-refractivity contribution in [2.45, 2.75) is 19.4 Å². The fourth-order valence-corrected chi connectivity index (χ4v) is 4.77. The van der Waals surface area contributed by atoms with Gasteiger partial charge in [0.15, 0.2) is 0 Å². The highest BCUT2D eigenvalue weighted by atomic mass is 16.5. The summed E-state index contributed by atoms with van der Waals surface area (Å²) >= 11 is 0. The van der Waals surface area contributed by atoms with E-state index < -0.39 is 0 Å². The minimum atomic E-state index is 0.125. The SMILES string of the molecule is N=C(C=CN)c1ccc(Oc2ccc3nc(CN4CCN(C(=O)C5CCOCC5)CC4)ccc3c2)nc1. The van der Waals surface area contributed by atoms with Crippen LogP contribution in [0.3, 0.4) is 0 Å². The summed E-state index contributed by atoms with van der Waals surface area (Å²) in [6.07, 6.45) is 6.12. The number of aromatic nitrogens is 2. The van der Waals surface area contributed by atoms with Gasteiger partial charge in [0.1, 0.15) is 5.75 Å². The Morgan fingerprint density at radius 3 is 2.65 bits per heavy atom. The van der Waals surface area contributed by atoms with Crippen molar-refractivity contribution in [1.29, 1.82) is 5.41 Å². The summed E-state index contributed by atoms with van der Waals surface area (Å²) in [6.45, 7) is 5.40. The largest absolute Gasteiger partial charge is 0.439 e. The van der Waals surface area contributed by atoms with Crippen LogP contribution in [0.2, 0.25) is 0 Å². The molecule has 9 heteroatoms. The molecule has 37 heavy (non-hydrogen) atoms. The molecular formula is C28H32N6O3. The number of hydrogen-bond acceptors (Lipinski definition) is 8. The van der Waals surface area contributed by atoms with Crippen molar-refractivity contribution in [3.63, 3.8) is 0 Å². The van der Waals surface area contributed by atoms with E-state index in [-0.39, 0.29) is 5.92 Å². The number of carbonyl (C=O) groups is 1. The van der Waals surface area contributed by atoms with Gasteiger partial charge in [-0.05, 0) is 55.4 Å². The minimum absolute atomic E-state index is 0.125. The van der Waals surface area contributed by atoms with Gasteiger partial charge < -0.3 is 25.5 Å². The van der Waals surface area contributed by atoms with Gasteiger partial charge in [0, 0.05) is 75.1 Å². The topological polar surface area (TPSA) is 118 Å². The number of carbonyl (C=O) groups excluding carboxylic acids is 1. The lowest BCUT2D eigenvalue weighted by atomic mass is 9.98. The van der Waals surface area contributed by atoms with Gasteiger partial charge in [0.25, 0.3) is 0 Å². The molecule has 5 rings (SSSR count). The van der Waals surface area contributed by atoms with Crippen molar-refractivity contribution in [3.05, 3.63) is 72.2 Å². The van der Waals surface area contributed by atoms with Crippen LogP contribution in [0.25, 0.3) is 10.9 Å². The molecule has 2 aliphatic heterocycles. The van der Waals surface area contributed by atoms with E-state index >= 15 is 0 Å². The van der Waals surface area contributed by atoms with Crippen molar-refractivity contribution in [2.24, 2.45) is 11.7 Å².